The smallest absolute Gasteiger partial charge is 0.130 e. The van der Waals surface area contributed by atoms with E-state index in [9.17, 15) is 0 Å². The summed E-state index contributed by atoms with van der Waals surface area (Å²) in [6.45, 7) is 6.25. The van der Waals surface area contributed by atoms with E-state index >= 15 is 0 Å². The molecule has 3 nitrogen and oxygen atoms in total. The first-order valence-electron chi connectivity index (χ1n) is 8.29. The molecule has 1 aromatic carbocycles. The molecule has 0 saturated carbocycles. The Hall–Kier alpha value is -1.58. The molecule has 0 spiro atoms. The molecule has 0 aliphatic carbocycles. The number of piperidine rings is 1. The van der Waals surface area contributed by atoms with Gasteiger partial charge in [-0.1, -0.05) is 18.5 Å². The maximum absolute atomic E-state index is 6.40. The summed E-state index contributed by atoms with van der Waals surface area (Å²) in [7, 11) is 0. The van der Waals surface area contributed by atoms with Crippen molar-refractivity contribution >= 4 is 11.6 Å². The average molecular weight is 331 g/mol. The molecule has 1 fully saturated rings. The predicted molar refractivity (Wildman–Crippen MR) is 95.3 cm³/mol. The number of aryl methyl sites for hydroxylation is 2. The van der Waals surface area contributed by atoms with Crippen molar-refractivity contribution in [3.63, 3.8) is 0 Å². The summed E-state index contributed by atoms with van der Waals surface area (Å²) in [4.78, 5) is 4.31. The van der Waals surface area contributed by atoms with E-state index in [4.69, 9.17) is 16.3 Å². The third-order valence-electron chi connectivity index (χ3n) is 4.39. The minimum atomic E-state index is 0.261. The standard InChI is InChI=1S/C19H23ClN2O/c1-3-14-4-7-22-12-18(14)17-11-15(20)10-13(2)19(17)23-16-5-8-21-9-6-16/h4,7,10-12,16,21H,3,5-6,8-9H2,1-2H3. The van der Waals surface area contributed by atoms with Crippen LogP contribution in [0.15, 0.2) is 30.6 Å². The van der Waals surface area contributed by atoms with E-state index in [0.29, 0.717) is 0 Å². The van der Waals surface area contributed by atoms with Crippen molar-refractivity contribution in [3.8, 4) is 16.9 Å². The second-order valence-electron chi connectivity index (χ2n) is 6.05. The van der Waals surface area contributed by atoms with Crippen LogP contribution in [0.2, 0.25) is 5.02 Å². The van der Waals surface area contributed by atoms with Crippen molar-refractivity contribution in [1.29, 1.82) is 0 Å². The van der Waals surface area contributed by atoms with Gasteiger partial charge in [0.25, 0.3) is 0 Å². The highest BCUT2D eigenvalue weighted by atomic mass is 35.5. The number of nitrogens with zero attached hydrogens (tertiary/aromatic N) is 1. The molecule has 4 heteroatoms. The zero-order chi connectivity index (χ0) is 16.2. The Labute approximate surface area is 143 Å². The van der Waals surface area contributed by atoms with Crippen LogP contribution >= 0.6 is 11.6 Å². The number of benzene rings is 1. The summed E-state index contributed by atoms with van der Waals surface area (Å²) < 4.78 is 6.40. The zero-order valence-corrected chi connectivity index (χ0v) is 14.5. The third kappa shape index (κ3) is 3.67. The Morgan fingerprint density at radius 1 is 1.26 bits per heavy atom. The fourth-order valence-electron chi connectivity index (χ4n) is 3.14. The lowest BCUT2D eigenvalue weighted by Gasteiger charge is -2.26. The highest BCUT2D eigenvalue weighted by Crippen LogP contribution is 2.38. The van der Waals surface area contributed by atoms with Gasteiger partial charge < -0.3 is 10.1 Å². The quantitative estimate of drug-likeness (QED) is 0.902. The molecule has 1 N–H and O–H groups in total. The van der Waals surface area contributed by atoms with Crippen LogP contribution in [0.3, 0.4) is 0 Å². The van der Waals surface area contributed by atoms with Crippen molar-refractivity contribution in [1.82, 2.24) is 10.3 Å². The highest BCUT2D eigenvalue weighted by Gasteiger charge is 2.20. The van der Waals surface area contributed by atoms with Crippen LogP contribution in [0, 0.1) is 6.92 Å². The van der Waals surface area contributed by atoms with E-state index in [1.165, 1.54) is 5.56 Å². The Morgan fingerprint density at radius 2 is 2.04 bits per heavy atom. The number of rotatable bonds is 4. The van der Waals surface area contributed by atoms with Gasteiger partial charge in [0.15, 0.2) is 0 Å². The molecule has 23 heavy (non-hydrogen) atoms. The minimum Gasteiger partial charge on any atom is -0.489 e. The molecule has 1 aliphatic heterocycles. The van der Waals surface area contributed by atoms with Crippen molar-refractivity contribution in [2.24, 2.45) is 0 Å². The summed E-state index contributed by atoms with van der Waals surface area (Å²) in [5, 5.41) is 4.11. The van der Waals surface area contributed by atoms with E-state index in [-0.39, 0.29) is 6.10 Å². The fourth-order valence-corrected chi connectivity index (χ4v) is 3.41. The lowest BCUT2D eigenvalue weighted by Crippen LogP contribution is -2.34. The summed E-state index contributed by atoms with van der Waals surface area (Å²) in [5.74, 6) is 0.948. The molecular weight excluding hydrogens is 308 g/mol. The van der Waals surface area contributed by atoms with Gasteiger partial charge in [0.05, 0.1) is 0 Å². The Bertz CT molecular complexity index is 681. The summed E-state index contributed by atoms with van der Waals surface area (Å²) in [6.07, 6.45) is 7.05. The number of ether oxygens (including phenoxy) is 1. The molecular formula is C19H23ClN2O. The van der Waals surface area contributed by atoms with Crippen LogP contribution in [0.4, 0.5) is 0 Å². The van der Waals surface area contributed by atoms with Gasteiger partial charge in [-0.25, -0.2) is 0 Å². The highest BCUT2D eigenvalue weighted by molar-refractivity contribution is 6.31. The summed E-state index contributed by atoms with van der Waals surface area (Å²) in [6, 6.07) is 6.05. The lowest BCUT2D eigenvalue weighted by molar-refractivity contribution is 0.162. The van der Waals surface area contributed by atoms with Gasteiger partial charge in [0.2, 0.25) is 0 Å². The van der Waals surface area contributed by atoms with Crippen LogP contribution in [-0.2, 0) is 6.42 Å². The Kier molecular flexibility index (Phi) is 5.19. The number of hydrogen-bond acceptors (Lipinski definition) is 3. The van der Waals surface area contributed by atoms with Gasteiger partial charge in [0.1, 0.15) is 11.9 Å². The first-order chi connectivity index (χ1) is 11.2. The van der Waals surface area contributed by atoms with Crippen LogP contribution in [0.5, 0.6) is 5.75 Å². The number of pyridine rings is 1. The van der Waals surface area contributed by atoms with Gasteiger partial charge >= 0.3 is 0 Å². The first kappa shape index (κ1) is 16.3. The normalized spacial score (nSPS) is 15.6. The average Bonchev–Trinajstić information content (AvgIpc) is 2.58. The molecule has 0 radical (unpaired) electrons. The van der Waals surface area contributed by atoms with Crippen LogP contribution in [0.1, 0.15) is 30.9 Å². The van der Waals surface area contributed by atoms with Crippen LogP contribution in [0.25, 0.3) is 11.1 Å². The molecule has 3 rings (SSSR count). The maximum atomic E-state index is 6.40. The zero-order valence-electron chi connectivity index (χ0n) is 13.7. The van der Waals surface area contributed by atoms with Gasteiger partial charge in [-0.15, -0.1) is 0 Å². The molecule has 0 atom stereocenters. The second-order valence-corrected chi connectivity index (χ2v) is 6.49. The molecule has 1 saturated heterocycles. The maximum Gasteiger partial charge on any atom is 0.130 e. The van der Waals surface area contributed by atoms with Crippen molar-refractivity contribution < 1.29 is 4.74 Å². The molecule has 0 bridgehead atoms. The fraction of sp³-hybridized carbons (Fsp3) is 0.421. The second kappa shape index (κ2) is 7.33. The van der Waals surface area contributed by atoms with Crippen molar-refractivity contribution in [2.75, 3.05) is 13.1 Å². The van der Waals surface area contributed by atoms with Crippen molar-refractivity contribution in [2.45, 2.75) is 39.2 Å². The number of hydrogen-bond donors (Lipinski definition) is 1. The van der Waals surface area contributed by atoms with Crippen molar-refractivity contribution in [3.05, 3.63) is 46.7 Å². The van der Waals surface area contributed by atoms with E-state index in [1.54, 1.807) is 0 Å². The Balaban J connectivity index is 2.04. The van der Waals surface area contributed by atoms with Gasteiger partial charge in [0, 0.05) is 28.5 Å². The summed E-state index contributed by atoms with van der Waals surface area (Å²) in [5.41, 5.74) is 4.51. The van der Waals surface area contributed by atoms with Gasteiger partial charge in [-0.3, -0.25) is 4.98 Å². The molecule has 122 valence electrons. The van der Waals surface area contributed by atoms with E-state index in [0.717, 1.165) is 59.8 Å². The predicted octanol–water partition coefficient (Wildman–Crippen LogP) is 4.40. The van der Waals surface area contributed by atoms with E-state index in [1.807, 2.05) is 24.5 Å². The monoisotopic (exact) mass is 330 g/mol. The SMILES string of the molecule is CCc1ccncc1-c1cc(Cl)cc(C)c1OC1CCNCC1. The van der Waals surface area contributed by atoms with E-state index in [2.05, 4.69) is 30.2 Å². The molecule has 2 heterocycles. The number of nitrogens with one attached hydrogen (secondary N) is 1. The molecule has 2 aromatic rings. The van der Waals surface area contributed by atoms with Crippen LogP contribution < -0.4 is 10.1 Å². The van der Waals surface area contributed by atoms with Crippen LogP contribution in [-0.4, -0.2) is 24.2 Å². The third-order valence-corrected chi connectivity index (χ3v) is 4.61. The lowest BCUT2D eigenvalue weighted by atomic mass is 9.97. The number of halogens is 1. The molecule has 1 aromatic heterocycles. The molecule has 0 amide bonds. The van der Waals surface area contributed by atoms with Gasteiger partial charge in [-0.2, -0.15) is 0 Å². The number of aromatic nitrogens is 1. The summed E-state index contributed by atoms with van der Waals surface area (Å²) >= 11 is 6.32. The minimum absolute atomic E-state index is 0.261. The molecule has 0 unspecified atom stereocenters. The van der Waals surface area contributed by atoms with E-state index < -0.39 is 0 Å². The van der Waals surface area contributed by atoms with Gasteiger partial charge in [-0.05, 0) is 68.6 Å². The first-order valence-corrected chi connectivity index (χ1v) is 8.67. The Morgan fingerprint density at radius 3 is 2.78 bits per heavy atom. The largest absolute Gasteiger partial charge is 0.489 e. The topological polar surface area (TPSA) is 34.1 Å². The molecule has 1 aliphatic rings.